The Morgan fingerprint density at radius 3 is 2.40 bits per heavy atom. The van der Waals surface area contributed by atoms with E-state index in [1.54, 1.807) is 0 Å². The highest BCUT2D eigenvalue weighted by molar-refractivity contribution is 5.80. The summed E-state index contributed by atoms with van der Waals surface area (Å²) in [5.74, 6) is 1.03. The maximum Gasteiger partial charge on any atom is 0.115 e. The first-order valence-corrected chi connectivity index (χ1v) is 7.01. The predicted molar refractivity (Wildman–Crippen MR) is 83.7 cm³/mol. The van der Waals surface area contributed by atoms with E-state index in [0.717, 1.165) is 29.1 Å². The van der Waals surface area contributed by atoms with Gasteiger partial charge in [0.25, 0.3) is 0 Å². The fourth-order valence-electron chi connectivity index (χ4n) is 2.36. The normalized spacial score (nSPS) is 13.1. The van der Waals surface area contributed by atoms with Crippen LogP contribution >= 0.6 is 0 Å². The van der Waals surface area contributed by atoms with Crippen LogP contribution in [0, 0.1) is 5.41 Å². The van der Waals surface area contributed by atoms with Gasteiger partial charge in [-0.3, -0.25) is 0 Å². The van der Waals surface area contributed by atoms with E-state index in [1.165, 1.54) is 0 Å². The van der Waals surface area contributed by atoms with Crippen molar-refractivity contribution in [1.82, 2.24) is 9.55 Å². The fraction of sp³-hybridized carbons (Fsp3) is 0.562. The Balaban J connectivity index is 2.65. The van der Waals surface area contributed by atoms with Crippen molar-refractivity contribution in [1.29, 1.82) is 0 Å². The monoisotopic (exact) mass is 275 g/mol. The van der Waals surface area contributed by atoms with Gasteiger partial charge >= 0.3 is 0 Å². The topological polar surface area (TPSA) is 64.1 Å². The second kappa shape index (κ2) is 4.77. The molecule has 110 valence electrons. The molecule has 0 fully saturated rings. The van der Waals surface area contributed by atoms with Crippen LogP contribution in [0.5, 0.6) is 0 Å². The van der Waals surface area contributed by atoms with Crippen molar-refractivity contribution in [3.8, 4) is 0 Å². The summed E-state index contributed by atoms with van der Waals surface area (Å²) < 4.78 is 2.21. The lowest BCUT2D eigenvalue weighted by molar-refractivity contribution is 0.140. The summed E-state index contributed by atoms with van der Waals surface area (Å²) >= 11 is 0. The number of fused-ring (bicyclic) bond motifs is 1. The van der Waals surface area contributed by atoms with Crippen LogP contribution < -0.4 is 5.73 Å². The van der Waals surface area contributed by atoms with Gasteiger partial charge in [-0.1, -0.05) is 34.6 Å². The highest BCUT2D eigenvalue weighted by Gasteiger charge is 2.26. The predicted octanol–water partition coefficient (Wildman–Crippen LogP) is 2.93. The maximum atomic E-state index is 9.55. The van der Waals surface area contributed by atoms with E-state index in [9.17, 15) is 5.11 Å². The molecular formula is C16H25N3O. The Hall–Kier alpha value is -1.55. The third-order valence-electron chi connectivity index (χ3n) is 3.46. The summed E-state index contributed by atoms with van der Waals surface area (Å²) in [5, 5.41) is 9.55. The first-order valence-electron chi connectivity index (χ1n) is 7.01. The first-order chi connectivity index (χ1) is 9.14. The standard InChI is InChI=1S/C16H25N3O/c1-15(2,3)14-18-12-8-11(17)6-7-13(12)19(14)9-16(4,5)10-20/h6-8,20H,9-10,17H2,1-5H3. The average molecular weight is 275 g/mol. The second-order valence-corrected chi connectivity index (χ2v) is 7.34. The van der Waals surface area contributed by atoms with E-state index in [2.05, 4.69) is 39.2 Å². The van der Waals surface area contributed by atoms with Gasteiger partial charge in [0, 0.05) is 29.7 Å². The van der Waals surface area contributed by atoms with Crippen molar-refractivity contribution >= 4 is 16.7 Å². The molecule has 0 spiro atoms. The van der Waals surface area contributed by atoms with Gasteiger partial charge < -0.3 is 15.4 Å². The Kier molecular flexibility index (Phi) is 3.54. The molecule has 0 aliphatic rings. The van der Waals surface area contributed by atoms with Crippen molar-refractivity contribution in [2.24, 2.45) is 5.41 Å². The molecule has 2 rings (SSSR count). The van der Waals surface area contributed by atoms with E-state index in [-0.39, 0.29) is 17.4 Å². The van der Waals surface area contributed by atoms with Crippen molar-refractivity contribution < 1.29 is 5.11 Å². The smallest absolute Gasteiger partial charge is 0.115 e. The van der Waals surface area contributed by atoms with Crippen LogP contribution in [0.25, 0.3) is 11.0 Å². The third-order valence-corrected chi connectivity index (χ3v) is 3.46. The van der Waals surface area contributed by atoms with Gasteiger partial charge in [-0.15, -0.1) is 0 Å². The second-order valence-electron chi connectivity index (χ2n) is 7.34. The summed E-state index contributed by atoms with van der Waals surface area (Å²) in [6.45, 7) is 11.5. The number of nitrogen functional groups attached to an aromatic ring is 1. The molecule has 1 aromatic heterocycles. The van der Waals surface area contributed by atoms with E-state index in [0.29, 0.717) is 0 Å². The van der Waals surface area contributed by atoms with Crippen LogP contribution in [0.3, 0.4) is 0 Å². The van der Waals surface area contributed by atoms with E-state index in [1.807, 2.05) is 18.2 Å². The van der Waals surface area contributed by atoms with Crippen LogP contribution in [0.2, 0.25) is 0 Å². The minimum Gasteiger partial charge on any atom is -0.399 e. The lowest BCUT2D eigenvalue weighted by Crippen LogP contribution is -2.28. The van der Waals surface area contributed by atoms with Crippen molar-refractivity contribution in [3.05, 3.63) is 24.0 Å². The lowest BCUT2D eigenvalue weighted by atomic mass is 9.92. The number of nitrogens with two attached hydrogens (primary N) is 1. The van der Waals surface area contributed by atoms with Crippen LogP contribution in [0.4, 0.5) is 5.69 Å². The number of imidazole rings is 1. The molecule has 0 radical (unpaired) electrons. The number of nitrogens with zero attached hydrogens (tertiary/aromatic N) is 2. The summed E-state index contributed by atoms with van der Waals surface area (Å²) in [4.78, 5) is 4.76. The molecule has 0 unspecified atom stereocenters. The Morgan fingerprint density at radius 1 is 1.20 bits per heavy atom. The zero-order valence-corrected chi connectivity index (χ0v) is 13.1. The number of aliphatic hydroxyl groups excluding tert-OH is 1. The SMILES string of the molecule is CC(C)(CO)Cn1c(C(C)(C)C)nc2cc(N)ccc21. The van der Waals surface area contributed by atoms with Crippen LogP contribution in [0.15, 0.2) is 18.2 Å². The van der Waals surface area contributed by atoms with Crippen molar-refractivity contribution in [2.45, 2.75) is 46.6 Å². The summed E-state index contributed by atoms with van der Waals surface area (Å²) in [5.41, 5.74) is 8.34. The molecule has 2 aromatic rings. The number of hydrogen-bond acceptors (Lipinski definition) is 3. The molecule has 4 heteroatoms. The Labute approximate surface area is 120 Å². The molecule has 1 aromatic carbocycles. The molecule has 1 heterocycles. The van der Waals surface area contributed by atoms with Gasteiger partial charge in [0.1, 0.15) is 5.82 Å². The van der Waals surface area contributed by atoms with Crippen LogP contribution in [-0.2, 0) is 12.0 Å². The minimum atomic E-state index is -0.185. The quantitative estimate of drug-likeness (QED) is 0.846. The van der Waals surface area contributed by atoms with Crippen LogP contribution in [0.1, 0.15) is 40.4 Å². The molecule has 0 bridgehead atoms. The highest BCUT2D eigenvalue weighted by atomic mass is 16.3. The number of aliphatic hydroxyl groups is 1. The lowest BCUT2D eigenvalue weighted by Gasteiger charge is -2.27. The van der Waals surface area contributed by atoms with E-state index >= 15 is 0 Å². The molecule has 0 saturated carbocycles. The third kappa shape index (κ3) is 2.80. The highest BCUT2D eigenvalue weighted by Crippen LogP contribution is 2.30. The van der Waals surface area contributed by atoms with Gasteiger partial charge in [-0.05, 0) is 18.2 Å². The Bertz CT molecular complexity index is 620. The van der Waals surface area contributed by atoms with E-state index in [4.69, 9.17) is 10.7 Å². The zero-order chi connectivity index (χ0) is 15.1. The number of benzene rings is 1. The maximum absolute atomic E-state index is 9.55. The summed E-state index contributed by atoms with van der Waals surface area (Å²) in [6.07, 6.45) is 0. The molecule has 0 atom stereocenters. The molecule has 0 aliphatic carbocycles. The average Bonchev–Trinajstić information content (AvgIpc) is 2.66. The molecule has 0 aliphatic heterocycles. The molecule has 0 saturated heterocycles. The van der Waals surface area contributed by atoms with Crippen molar-refractivity contribution in [3.63, 3.8) is 0 Å². The largest absolute Gasteiger partial charge is 0.399 e. The summed E-state index contributed by atoms with van der Waals surface area (Å²) in [7, 11) is 0. The number of rotatable bonds is 3. The molecule has 3 N–H and O–H groups in total. The molecular weight excluding hydrogens is 250 g/mol. The van der Waals surface area contributed by atoms with Gasteiger partial charge in [0.15, 0.2) is 0 Å². The summed E-state index contributed by atoms with van der Waals surface area (Å²) in [6, 6.07) is 5.83. The number of aromatic nitrogens is 2. The molecule has 4 nitrogen and oxygen atoms in total. The number of anilines is 1. The molecule has 0 amide bonds. The van der Waals surface area contributed by atoms with Crippen molar-refractivity contribution in [2.75, 3.05) is 12.3 Å². The fourth-order valence-corrected chi connectivity index (χ4v) is 2.36. The Morgan fingerprint density at radius 2 is 1.85 bits per heavy atom. The first kappa shape index (κ1) is 14.9. The number of hydrogen-bond donors (Lipinski definition) is 2. The van der Waals surface area contributed by atoms with Crippen LogP contribution in [-0.4, -0.2) is 21.3 Å². The van der Waals surface area contributed by atoms with Gasteiger partial charge in [-0.2, -0.15) is 0 Å². The van der Waals surface area contributed by atoms with Gasteiger partial charge in [-0.25, -0.2) is 4.98 Å². The zero-order valence-electron chi connectivity index (χ0n) is 13.1. The van der Waals surface area contributed by atoms with Gasteiger partial charge in [0.05, 0.1) is 11.0 Å². The van der Waals surface area contributed by atoms with Gasteiger partial charge in [0.2, 0.25) is 0 Å². The minimum absolute atomic E-state index is 0.0562. The van der Waals surface area contributed by atoms with E-state index < -0.39 is 0 Å². The molecule has 20 heavy (non-hydrogen) atoms.